The Hall–Kier alpha value is -2.61. The summed E-state index contributed by atoms with van der Waals surface area (Å²) in [6.07, 6.45) is 18.6. The first kappa shape index (κ1) is 22.6. The van der Waals surface area contributed by atoms with E-state index in [0.29, 0.717) is 5.41 Å². The molecule has 1 fully saturated rings. The number of benzene rings is 2. The molecule has 186 valence electrons. The zero-order valence-electron chi connectivity index (χ0n) is 22.7. The molecule has 3 aliphatic rings. The molecule has 1 aliphatic heterocycles. The van der Waals surface area contributed by atoms with Crippen LogP contribution in [-0.2, 0) is 24.8 Å². The molecule has 0 radical (unpaired) electrons. The van der Waals surface area contributed by atoms with Gasteiger partial charge in [-0.25, -0.2) is 4.57 Å². The lowest BCUT2D eigenvalue weighted by Gasteiger charge is -2.28. The number of nitrogens with zero attached hydrogens (tertiary/aromatic N) is 2. The normalized spacial score (nSPS) is 20.0. The van der Waals surface area contributed by atoms with Gasteiger partial charge in [-0.15, -0.1) is 0 Å². The fraction of sp³-hybridized carbons (Fsp3) is 0.500. The van der Waals surface area contributed by atoms with Crippen molar-refractivity contribution in [3.63, 3.8) is 0 Å². The van der Waals surface area contributed by atoms with Gasteiger partial charge in [-0.05, 0) is 92.5 Å². The lowest BCUT2D eigenvalue weighted by Crippen LogP contribution is -2.55. The Kier molecular flexibility index (Phi) is 4.98. The molecule has 2 aromatic carbocycles. The molecule has 0 amide bonds. The Morgan fingerprint density at radius 1 is 0.944 bits per heavy atom. The largest absolute Gasteiger partial charge is 0.296 e. The number of imidazole rings is 1. The van der Waals surface area contributed by atoms with E-state index in [9.17, 15) is 0 Å². The van der Waals surface area contributed by atoms with Gasteiger partial charge in [0.05, 0.1) is 5.39 Å². The van der Waals surface area contributed by atoms with Crippen LogP contribution in [0, 0.1) is 12.3 Å². The predicted molar refractivity (Wildman–Crippen MR) is 152 cm³/mol. The standard InChI is InChI=1S/C34H41N2/c1-5-34(6-2)20-17-25-15-13-23(3)30-26-11-7-8-12-27(26)35-29-21-24(22-33(4)18-9-10-19-33)14-16-28(29)36(34)32(35)31(25)30/h7,11,13-16,21H,5-6,8-10,12,17-20,22H2,1-4H3/q+1. The minimum Gasteiger partial charge on any atom is -0.217 e. The van der Waals surface area contributed by atoms with Crippen molar-refractivity contribution in [2.24, 2.45) is 5.41 Å². The van der Waals surface area contributed by atoms with Crippen molar-refractivity contribution in [2.75, 3.05) is 0 Å². The van der Waals surface area contributed by atoms with Gasteiger partial charge >= 0.3 is 0 Å². The maximum Gasteiger partial charge on any atom is 0.296 e. The van der Waals surface area contributed by atoms with Crippen LogP contribution >= 0.6 is 0 Å². The smallest absolute Gasteiger partial charge is 0.217 e. The predicted octanol–water partition coefficient (Wildman–Crippen LogP) is 8.39. The van der Waals surface area contributed by atoms with Crippen LogP contribution < -0.4 is 4.57 Å². The van der Waals surface area contributed by atoms with Gasteiger partial charge in [0.1, 0.15) is 11.2 Å². The van der Waals surface area contributed by atoms with Crippen molar-refractivity contribution in [3.8, 4) is 0 Å². The van der Waals surface area contributed by atoms with E-state index in [1.54, 1.807) is 5.56 Å². The van der Waals surface area contributed by atoms with Crippen molar-refractivity contribution < 1.29 is 4.57 Å². The highest BCUT2D eigenvalue weighted by molar-refractivity contribution is 6.05. The average Bonchev–Trinajstić information content (AvgIpc) is 3.43. The van der Waals surface area contributed by atoms with Crippen LogP contribution in [0.1, 0.15) is 100 Å². The van der Waals surface area contributed by atoms with E-state index in [2.05, 4.69) is 79.1 Å². The van der Waals surface area contributed by atoms with E-state index in [0.717, 1.165) is 19.3 Å². The quantitative estimate of drug-likeness (QED) is 0.261. The average molecular weight is 478 g/mol. The molecular formula is C34H41N2+. The minimum absolute atomic E-state index is 0.157. The molecule has 0 atom stereocenters. The fourth-order valence-electron chi connectivity index (χ4n) is 8.32. The highest BCUT2D eigenvalue weighted by atomic mass is 15.2. The second-order valence-corrected chi connectivity index (χ2v) is 12.5. The SMILES string of the molecule is CCC1(CC)CCc2ccc(C)c3c4c(n5c6cc(CC7(C)CCCC7)ccc6[n+]1c5c23)CCC=C4. The van der Waals surface area contributed by atoms with E-state index in [-0.39, 0.29) is 5.54 Å². The number of allylic oxidation sites excluding steroid dienone is 1. The summed E-state index contributed by atoms with van der Waals surface area (Å²) in [6.45, 7) is 9.68. The highest BCUT2D eigenvalue weighted by Gasteiger charge is 2.43. The van der Waals surface area contributed by atoms with Gasteiger partial charge in [-0.1, -0.05) is 64.0 Å². The van der Waals surface area contributed by atoms with Gasteiger partial charge in [-0.3, -0.25) is 0 Å². The van der Waals surface area contributed by atoms with Crippen LogP contribution in [0.2, 0.25) is 0 Å². The summed E-state index contributed by atoms with van der Waals surface area (Å²) < 4.78 is 5.55. The molecule has 0 saturated heterocycles. The third kappa shape index (κ3) is 2.99. The van der Waals surface area contributed by atoms with Crippen LogP contribution in [-0.4, -0.2) is 4.40 Å². The van der Waals surface area contributed by atoms with E-state index >= 15 is 0 Å². The summed E-state index contributed by atoms with van der Waals surface area (Å²) in [5, 5.41) is 3.02. The van der Waals surface area contributed by atoms with Crippen LogP contribution in [0.5, 0.6) is 0 Å². The minimum atomic E-state index is 0.157. The van der Waals surface area contributed by atoms with E-state index in [4.69, 9.17) is 0 Å². The molecule has 2 nitrogen and oxygen atoms in total. The zero-order valence-corrected chi connectivity index (χ0v) is 22.7. The summed E-state index contributed by atoms with van der Waals surface area (Å²) in [5.74, 6) is 0. The topological polar surface area (TPSA) is 8.29 Å². The molecular weight excluding hydrogens is 436 g/mol. The van der Waals surface area contributed by atoms with Crippen molar-refractivity contribution in [1.29, 1.82) is 0 Å². The van der Waals surface area contributed by atoms with Crippen molar-refractivity contribution in [3.05, 3.63) is 64.4 Å². The van der Waals surface area contributed by atoms with Gasteiger partial charge in [0.2, 0.25) is 0 Å². The Bertz CT molecular complexity index is 1550. The number of hydrogen-bond acceptors (Lipinski definition) is 0. The maximum atomic E-state index is 2.82. The Morgan fingerprint density at radius 2 is 1.75 bits per heavy atom. The zero-order chi connectivity index (χ0) is 24.7. The Balaban J connectivity index is 1.66. The molecule has 0 unspecified atom stereocenters. The monoisotopic (exact) mass is 477 g/mol. The third-order valence-electron chi connectivity index (χ3n) is 10.4. The number of pyridine rings is 1. The van der Waals surface area contributed by atoms with Gasteiger partial charge in [0.25, 0.3) is 5.65 Å². The van der Waals surface area contributed by atoms with E-state index in [1.165, 1.54) is 101 Å². The molecule has 4 aromatic rings. The number of rotatable bonds is 4. The van der Waals surface area contributed by atoms with Crippen LogP contribution in [0.25, 0.3) is 33.5 Å². The summed E-state index contributed by atoms with van der Waals surface area (Å²) >= 11 is 0. The van der Waals surface area contributed by atoms with Crippen molar-refractivity contribution in [2.45, 2.75) is 104 Å². The first-order valence-corrected chi connectivity index (χ1v) is 14.6. The first-order chi connectivity index (χ1) is 17.5. The number of aromatic nitrogens is 2. The lowest BCUT2D eigenvalue weighted by atomic mass is 9.82. The van der Waals surface area contributed by atoms with Crippen molar-refractivity contribution >= 4 is 33.5 Å². The molecule has 1 saturated carbocycles. The van der Waals surface area contributed by atoms with E-state index in [1.807, 2.05) is 0 Å². The fourth-order valence-corrected chi connectivity index (χ4v) is 8.32. The van der Waals surface area contributed by atoms with Gasteiger partial charge in [0, 0.05) is 17.4 Å². The molecule has 2 aliphatic carbocycles. The molecule has 2 aromatic heterocycles. The summed E-state index contributed by atoms with van der Waals surface area (Å²) in [4.78, 5) is 0. The van der Waals surface area contributed by atoms with Crippen molar-refractivity contribution in [1.82, 2.24) is 4.40 Å². The molecule has 7 rings (SSSR count). The molecule has 0 bridgehead atoms. The van der Waals surface area contributed by atoms with Gasteiger partial charge in [-0.2, -0.15) is 4.40 Å². The van der Waals surface area contributed by atoms with Crippen LogP contribution in [0.4, 0.5) is 0 Å². The first-order valence-electron chi connectivity index (χ1n) is 14.6. The third-order valence-corrected chi connectivity index (χ3v) is 10.4. The summed E-state index contributed by atoms with van der Waals surface area (Å²) in [7, 11) is 0. The Labute approximate surface area is 216 Å². The number of hydrogen-bond donors (Lipinski definition) is 0. The molecule has 2 heteroatoms. The lowest BCUT2D eigenvalue weighted by molar-refractivity contribution is -0.721. The summed E-state index contributed by atoms with van der Waals surface area (Å²) in [5.41, 5.74) is 12.5. The second-order valence-electron chi connectivity index (χ2n) is 12.5. The second kappa shape index (κ2) is 7.94. The van der Waals surface area contributed by atoms with Gasteiger partial charge < -0.3 is 0 Å². The van der Waals surface area contributed by atoms with E-state index < -0.39 is 0 Å². The Morgan fingerprint density at radius 3 is 2.53 bits per heavy atom. The molecule has 36 heavy (non-hydrogen) atoms. The number of aryl methyl sites for hydroxylation is 3. The maximum absolute atomic E-state index is 2.82. The molecule has 3 heterocycles. The van der Waals surface area contributed by atoms with Crippen LogP contribution in [0.15, 0.2) is 36.4 Å². The number of fused-ring (bicyclic) bond motifs is 6. The van der Waals surface area contributed by atoms with Crippen LogP contribution in [0.3, 0.4) is 0 Å². The van der Waals surface area contributed by atoms with Gasteiger partial charge in [0.15, 0.2) is 11.0 Å². The highest BCUT2D eigenvalue weighted by Crippen LogP contribution is 2.43. The summed E-state index contributed by atoms with van der Waals surface area (Å²) in [6, 6.07) is 12.4. The molecule has 0 spiro atoms. The molecule has 0 N–H and O–H groups in total.